The molecule has 2 amide bonds. The zero-order valence-corrected chi connectivity index (χ0v) is 13.8. The van der Waals surface area contributed by atoms with Crippen LogP contribution in [0.5, 0.6) is 0 Å². The number of carbonyl (C=O) groups is 2. The highest BCUT2D eigenvalue weighted by atomic mass is 16.2. The monoisotopic (exact) mass is 306 g/mol. The summed E-state index contributed by atoms with van der Waals surface area (Å²) in [7, 11) is 3.99. The Morgan fingerprint density at radius 2 is 1.95 bits per heavy atom. The molecule has 0 saturated heterocycles. The molecule has 0 bridgehead atoms. The van der Waals surface area contributed by atoms with Crippen LogP contribution in [-0.2, 0) is 0 Å². The Hall–Kier alpha value is -1.95. The topological polar surface area (TPSA) is 74.3 Å². The van der Waals surface area contributed by atoms with Crippen LogP contribution in [-0.4, -0.2) is 55.4 Å². The van der Waals surface area contributed by atoms with E-state index < -0.39 is 0 Å². The summed E-state index contributed by atoms with van der Waals surface area (Å²) in [6, 6.07) is 3.14. The number of amides is 2. The fraction of sp³-hybridized carbons (Fsp3) is 0.562. The van der Waals surface area contributed by atoms with Gasteiger partial charge in [-0.05, 0) is 45.1 Å². The quantitative estimate of drug-likeness (QED) is 0.707. The molecule has 6 nitrogen and oxygen atoms in total. The second kappa shape index (κ2) is 9.15. The molecule has 1 aromatic heterocycles. The highest BCUT2D eigenvalue weighted by Crippen LogP contribution is 2.02. The average molecular weight is 306 g/mol. The standard InChI is InChI=1S/C16H26N4O2/c1-12(2)11-19-16(22)14-10-13(6-8-17-14)15(21)18-7-5-9-20(3)4/h6,8,10,12H,5,7,9,11H2,1-4H3,(H,18,21)(H,19,22). The Bertz CT molecular complexity index is 501. The van der Waals surface area contributed by atoms with Gasteiger partial charge in [0, 0.05) is 24.8 Å². The van der Waals surface area contributed by atoms with E-state index in [1.807, 2.05) is 27.9 Å². The minimum Gasteiger partial charge on any atom is -0.352 e. The largest absolute Gasteiger partial charge is 0.352 e. The second-order valence-electron chi connectivity index (χ2n) is 5.95. The van der Waals surface area contributed by atoms with Crippen molar-refractivity contribution >= 4 is 11.8 Å². The highest BCUT2D eigenvalue weighted by Gasteiger charge is 2.11. The molecule has 1 aromatic rings. The van der Waals surface area contributed by atoms with Crippen LogP contribution in [0.15, 0.2) is 18.3 Å². The predicted octanol–water partition coefficient (Wildman–Crippen LogP) is 1.15. The Balaban J connectivity index is 2.55. The fourth-order valence-electron chi connectivity index (χ4n) is 1.78. The first-order valence-electron chi connectivity index (χ1n) is 7.57. The van der Waals surface area contributed by atoms with Crippen molar-refractivity contribution in [1.82, 2.24) is 20.5 Å². The van der Waals surface area contributed by atoms with Crippen molar-refractivity contribution in [3.05, 3.63) is 29.6 Å². The number of rotatable bonds is 8. The lowest BCUT2D eigenvalue weighted by Crippen LogP contribution is -2.29. The van der Waals surface area contributed by atoms with E-state index >= 15 is 0 Å². The maximum absolute atomic E-state index is 12.0. The van der Waals surface area contributed by atoms with Crippen molar-refractivity contribution in [3.63, 3.8) is 0 Å². The molecule has 1 heterocycles. The molecule has 122 valence electrons. The molecule has 0 unspecified atom stereocenters. The zero-order valence-electron chi connectivity index (χ0n) is 13.8. The second-order valence-corrected chi connectivity index (χ2v) is 5.95. The first-order valence-corrected chi connectivity index (χ1v) is 7.57. The maximum atomic E-state index is 12.0. The smallest absolute Gasteiger partial charge is 0.269 e. The van der Waals surface area contributed by atoms with Gasteiger partial charge in [-0.2, -0.15) is 0 Å². The lowest BCUT2D eigenvalue weighted by molar-refractivity contribution is 0.0944. The normalized spacial score (nSPS) is 10.8. The summed E-state index contributed by atoms with van der Waals surface area (Å²) in [6.07, 6.45) is 2.37. The Morgan fingerprint density at radius 1 is 1.23 bits per heavy atom. The number of pyridine rings is 1. The third-order valence-corrected chi connectivity index (χ3v) is 2.99. The Labute approximate surface area is 132 Å². The molecule has 0 radical (unpaired) electrons. The van der Waals surface area contributed by atoms with E-state index in [-0.39, 0.29) is 17.5 Å². The lowest BCUT2D eigenvalue weighted by atomic mass is 10.2. The summed E-state index contributed by atoms with van der Waals surface area (Å²) in [5, 5.41) is 5.64. The van der Waals surface area contributed by atoms with E-state index in [9.17, 15) is 9.59 Å². The summed E-state index contributed by atoms with van der Waals surface area (Å²) in [5.74, 6) is -0.0675. The van der Waals surface area contributed by atoms with Crippen molar-refractivity contribution in [2.75, 3.05) is 33.7 Å². The van der Waals surface area contributed by atoms with E-state index in [0.717, 1.165) is 13.0 Å². The Morgan fingerprint density at radius 3 is 2.59 bits per heavy atom. The molecule has 2 N–H and O–H groups in total. The number of nitrogens with one attached hydrogen (secondary N) is 2. The molecule has 22 heavy (non-hydrogen) atoms. The van der Waals surface area contributed by atoms with E-state index in [1.54, 1.807) is 6.07 Å². The van der Waals surface area contributed by atoms with E-state index in [2.05, 4.69) is 20.5 Å². The molecular formula is C16H26N4O2. The van der Waals surface area contributed by atoms with Gasteiger partial charge in [-0.25, -0.2) is 0 Å². The first kappa shape index (κ1) is 18.1. The SMILES string of the molecule is CC(C)CNC(=O)c1cc(C(=O)NCCCN(C)C)ccn1. The minimum absolute atomic E-state index is 0.181. The summed E-state index contributed by atoms with van der Waals surface area (Å²) in [6.45, 7) is 6.14. The van der Waals surface area contributed by atoms with Gasteiger partial charge in [-0.3, -0.25) is 14.6 Å². The van der Waals surface area contributed by atoms with Crippen molar-refractivity contribution in [3.8, 4) is 0 Å². The van der Waals surface area contributed by atoms with Gasteiger partial charge in [0.25, 0.3) is 11.8 Å². The van der Waals surface area contributed by atoms with Crippen molar-refractivity contribution < 1.29 is 9.59 Å². The first-order chi connectivity index (χ1) is 10.4. The molecule has 0 aromatic carbocycles. The third kappa shape index (κ3) is 6.67. The van der Waals surface area contributed by atoms with Gasteiger partial charge in [-0.1, -0.05) is 13.8 Å². The minimum atomic E-state index is -0.254. The van der Waals surface area contributed by atoms with Crippen LogP contribution < -0.4 is 10.6 Å². The maximum Gasteiger partial charge on any atom is 0.269 e. The van der Waals surface area contributed by atoms with Crippen molar-refractivity contribution in [1.29, 1.82) is 0 Å². The van der Waals surface area contributed by atoms with Gasteiger partial charge < -0.3 is 15.5 Å². The van der Waals surface area contributed by atoms with Gasteiger partial charge >= 0.3 is 0 Å². The molecule has 0 spiro atoms. The molecule has 0 aliphatic rings. The number of hydrogen-bond donors (Lipinski definition) is 2. The van der Waals surface area contributed by atoms with E-state index in [4.69, 9.17) is 0 Å². The number of nitrogens with zero attached hydrogens (tertiary/aromatic N) is 2. The van der Waals surface area contributed by atoms with Crippen molar-refractivity contribution in [2.24, 2.45) is 5.92 Å². The summed E-state index contributed by atoms with van der Waals surface area (Å²) in [4.78, 5) is 30.1. The summed E-state index contributed by atoms with van der Waals surface area (Å²) >= 11 is 0. The van der Waals surface area contributed by atoms with Gasteiger partial charge in [-0.15, -0.1) is 0 Å². The summed E-state index contributed by atoms with van der Waals surface area (Å²) in [5.41, 5.74) is 0.719. The molecule has 6 heteroatoms. The number of aromatic nitrogens is 1. The zero-order chi connectivity index (χ0) is 16.5. The van der Waals surface area contributed by atoms with Crippen molar-refractivity contribution in [2.45, 2.75) is 20.3 Å². The molecule has 0 aliphatic carbocycles. The highest BCUT2D eigenvalue weighted by molar-refractivity contribution is 5.98. The van der Waals surface area contributed by atoms with Crippen LogP contribution in [0, 0.1) is 5.92 Å². The molecule has 0 atom stereocenters. The van der Waals surface area contributed by atoms with E-state index in [0.29, 0.717) is 24.6 Å². The average Bonchev–Trinajstić information content (AvgIpc) is 2.48. The van der Waals surface area contributed by atoms with Gasteiger partial charge in [0.1, 0.15) is 5.69 Å². The van der Waals surface area contributed by atoms with Crippen LogP contribution in [0.3, 0.4) is 0 Å². The lowest BCUT2D eigenvalue weighted by Gasteiger charge is -2.10. The van der Waals surface area contributed by atoms with E-state index in [1.165, 1.54) is 12.3 Å². The van der Waals surface area contributed by atoms with Crippen LogP contribution in [0.1, 0.15) is 41.1 Å². The van der Waals surface area contributed by atoms with Crippen LogP contribution in [0.25, 0.3) is 0 Å². The molecule has 0 fully saturated rings. The van der Waals surface area contributed by atoms with Gasteiger partial charge in [0.2, 0.25) is 0 Å². The third-order valence-electron chi connectivity index (χ3n) is 2.99. The van der Waals surface area contributed by atoms with Gasteiger partial charge in [0.05, 0.1) is 0 Å². The van der Waals surface area contributed by atoms with Crippen LogP contribution in [0.4, 0.5) is 0 Å². The van der Waals surface area contributed by atoms with Crippen LogP contribution in [0.2, 0.25) is 0 Å². The molecule has 1 rings (SSSR count). The van der Waals surface area contributed by atoms with Crippen LogP contribution >= 0.6 is 0 Å². The molecule has 0 aliphatic heterocycles. The Kier molecular flexibility index (Phi) is 7.52. The predicted molar refractivity (Wildman–Crippen MR) is 86.9 cm³/mol. The molecule has 0 saturated carbocycles. The number of carbonyl (C=O) groups excluding carboxylic acids is 2. The number of hydrogen-bond acceptors (Lipinski definition) is 4. The summed E-state index contributed by atoms with van der Waals surface area (Å²) < 4.78 is 0. The molecular weight excluding hydrogens is 280 g/mol. The fourth-order valence-corrected chi connectivity index (χ4v) is 1.78. The van der Waals surface area contributed by atoms with Gasteiger partial charge in [0.15, 0.2) is 0 Å².